The van der Waals surface area contributed by atoms with Crippen LogP contribution in [-0.2, 0) is 5.54 Å². The molecule has 1 fully saturated rings. The lowest BCUT2D eigenvalue weighted by molar-refractivity contribution is 0.290. The van der Waals surface area contributed by atoms with Crippen molar-refractivity contribution in [1.82, 2.24) is 0 Å². The molecule has 0 aliphatic heterocycles. The number of phenols is 1. The van der Waals surface area contributed by atoms with E-state index >= 15 is 0 Å². The Bertz CT molecular complexity index is 410. The first-order valence-electron chi connectivity index (χ1n) is 6.24. The molecule has 0 heterocycles. The molecule has 0 saturated heterocycles. The van der Waals surface area contributed by atoms with E-state index in [1.165, 1.54) is 6.42 Å². The number of aryl methyl sites for hydroxylation is 1. The van der Waals surface area contributed by atoms with Gasteiger partial charge in [-0.15, -0.1) is 0 Å². The fourth-order valence-corrected chi connectivity index (χ4v) is 3.44. The van der Waals surface area contributed by atoms with Crippen molar-refractivity contribution in [3.63, 3.8) is 0 Å². The molecule has 3 heteroatoms. The molecule has 94 valence electrons. The average molecular weight is 298 g/mol. The highest BCUT2D eigenvalue weighted by molar-refractivity contribution is 9.10. The minimum Gasteiger partial charge on any atom is -0.507 e. The third kappa shape index (κ3) is 2.23. The molecule has 1 aromatic rings. The van der Waals surface area contributed by atoms with E-state index in [2.05, 4.69) is 15.9 Å². The Kier molecular flexibility index (Phi) is 3.50. The Balaban J connectivity index is 2.57. The smallest absolute Gasteiger partial charge is 0.123 e. The van der Waals surface area contributed by atoms with E-state index < -0.39 is 0 Å². The SMILES string of the molecule is Cc1cc(Br)c(C)c(C2(N)CCCCC2)c1O. The second-order valence-electron chi connectivity index (χ2n) is 5.24. The van der Waals surface area contributed by atoms with Gasteiger partial charge in [-0.1, -0.05) is 35.2 Å². The van der Waals surface area contributed by atoms with Crippen molar-refractivity contribution in [2.24, 2.45) is 5.73 Å². The van der Waals surface area contributed by atoms with Gasteiger partial charge in [0.15, 0.2) is 0 Å². The van der Waals surface area contributed by atoms with Crippen LogP contribution in [0.15, 0.2) is 10.5 Å². The zero-order chi connectivity index (χ0) is 12.6. The maximum atomic E-state index is 10.3. The zero-order valence-electron chi connectivity index (χ0n) is 10.5. The van der Waals surface area contributed by atoms with Crippen LogP contribution in [0.2, 0.25) is 0 Å². The first kappa shape index (κ1) is 12.9. The van der Waals surface area contributed by atoms with E-state index in [0.29, 0.717) is 5.75 Å². The predicted octanol–water partition coefficient (Wildman–Crippen LogP) is 3.89. The molecule has 0 aromatic heterocycles. The van der Waals surface area contributed by atoms with Crippen molar-refractivity contribution >= 4 is 15.9 Å². The summed E-state index contributed by atoms with van der Waals surface area (Å²) in [7, 11) is 0. The number of rotatable bonds is 1. The Morgan fingerprint density at radius 1 is 1.24 bits per heavy atom. The standard InChI is InChI=1S/C14H20BrNO/c1-9-8-11(15)10(2)12(13(9)17)14(16)6-4-3-5-7-14/h8,17H,3-7,16H2,1-2H3. The predicted molar refractivity (Wildman–Crippen MR) is 74.2 cm³/mol. The van der Waals surface area contributed by atoms with Crippen LogP contribution < -0.4 is 5.73 Å². The minimum absolute atomic E-state index is 0.346. The van der Waals surface area contributed by atoms with E-state index in [1.807, 2.05) is 19.9 Å². The molecule has 17 heavy (non-hydrogen) atoms. The average Bonchev–Trinajstić information content (AvgIpc) is 2.27. The van der Waals surface area contributed by atoms with Crippen molar-refractivity contribution < 1.29 is 5.11 Å². The lowest BCUT2D eigenvalue weighted by Crippen LogP contribution is -2.39. The number of phenolic OH excluding ortho intramolecular Hbond substituents is 1. The molecule has 2 rings (SSSR count). The summed E-state index contributed by atoms with van der Waals surface area (Å²) < 4.78 is 1.04. The van der Waals surface area contributed by atoms with Crippen molar-refractivity contribution in [1.29, 1.82) is 0 Å². The zero-order valence-corrected chi connectivity index (χ0v) is 12.1. The van der Waals surface area contributed by atoms with Gasteiger partial charge in [0, 0.05) is 15.6 Å². The van der Waals surface area contributed by atoms with Gasteiger partial charge >= 0.3 is 0 Å². The first-order valence-corrected chi connectivity index (χ1v) is 7.03. The topological polar surface area (TPSA) is 46.2 Å². The fraction of sp³-hybridized carbons (Fsp3) is 0.571. The Labute approximate surface area is 111 Å². The highest BCUT2D eigenvalue weighted by Crippen LogP contribution is 2.43. The van der Waals surface area contributed by atoms with Gasteiger partial charge in [-0.25, -0.2) is 0 Å². The van der Waals surface area contributed by atoms with Crippen LogP contribution in [0.1, 0.15) is 48.8 Å². The molecule has 1 aliphatic carbocycles. The molecule has 1 saturated carbocycles. The normalized spacial score (nSPS) is 19.3. The number of nitrogens with two attached hydrogens (primary N) is 1. The molecule has 1 aliphatic rings. The molecule has 0 amide bonds. The Morgan fingerprint density at radius 3 is 2.41 bits per heavy atom. The second kappa shape index (κ2) is 4.62. The monoisotopic (exact) mass is 297 g/mol. The summed E-state index contributed by atoms with van der Waals surface area (Å²) in [5.74, 6) is 0.384. The summed E-state index contributed by atoms with van der Waals surface area (Å²) in [6.07, 6.45) is 5.50. The molecule has 0 bridgehead atoms. The lowest BCUT2D eigenvalue weighted by Gasteiger charge is -2.36. The van der Waals surface area contributed by atoms with Crippen molar-refractivity contribution in [3.8, 4) is 5.75 Å². The van der Waals surface area contributed by atoms with E-state index in [1.54, 1.807) is 0 Å². The Morgan fingerprint density at radius 2 is 1.82 bits per heavy atom. The van der Waals surface area contributed by atoms with Gasteiger partial charge in [-0.05, 0) is 43.9 Å². The van der Waals surface area contributed by atoms with Gasteiger partial charge in [0.05, 0.1) is 0 Å². The molecule has 0 radical (unpaired) electrons. The summed E-state index contributed by atoms with van der Waals surface area (Å²) in [6, 6.07) is 1.96. The minimum atomic E-state index is -0.346. The van der Waals surface area contributed by atoms with Crippen LogP contribution in [0.3, 0.4) is 0 Å². The van der Waals surface area contributed by atoms with Gasteiger partial charge in [-0.2, -0.15) is 0 Å². The van der Waals surface area contributed by atoms with Crippen LogP contribution in [0, 0.1) is 13.8 Å². The highest BCUT2D eigenvalue weighted by Gasteiger charge is 2.34. The number of hydrogen-bond donors (Lipinski definition) is 2. The number of halogens is 1. The van der Waals surface area contributed by atoms with Gasteiger partial charge < -0.3 is 10.8 Å². The maximum absolute atomic E-state index is 10.3. The van der Waals surface area contributed by atoms with Crippen LogP contribution in [0.5, 0.6) is 5.75 Å². The number of aromatic hydroxyl groups is 1. The molecule has 0 atom stereocenters. The van der Waals surface area contributed by atoms with Crippen LogP contribution in [0.4, 0.5) is 0 Å². The van der Waals surface area contributed by atoms with Crippen molar-refractivity contribution in [2.45, 2.75) is 51.5 Å². The molecular weight excluding hydrogens is 278 g/mol. The molecule has 0 unspecified atom stereocenters. The molecule has 0 spiro atoms. The number of benzene rings is 1. The first-order chi connectivity index (χ1) is 7.96. The third-order valence-electron chi connectivity index (χ3n) is 3.93. The highest BCUT2D eigenvalue weighted by atomic mass is 79.9. The molecule has 1 aromatic carbocycles. The quantitative estimate of drug-likeness (QED) is 0.826. The number of hydrogen-bond acceptors (Lipinski definition) is 2. The molecule has 2 nitrogen and oxygen atoms in total. The van der Waals surface area contributed by atoms with Crippen LogP contribution >= 0.6 is 15.9 Å². The molecule has 3 N–H and O–H groups in total. The van der Waals surface area contributed by atoms with Gasteiger partial charge in [0.1, 0.15) is 5.75 Å². The summed E-state index contributed by atoms with van der Waals surface area (Å²) in [5.41, 5.74) is 9.12. The van der Waals surface area contributed by atoms with Gasteiger partial charge in [-0.3, -0.25) is 0 Å². The van der Waals surface area contributed by atoms with E-state index in [-0.39, 0.29) is 5.54 Å². The van der Waals surface area contributed by atoms with E-state index in [9.17, 15) is 5.11 Å². The third-order valence-corrected chi connectivity index (χ3v) is 4.75. The van der Waals surface area contributed by atoms with Crippen molar-refractivity contribution in [2.75, 3.05) is 0 Å². The van der Waals surface area contributed by atoms with Gasteiger partial charge in [0.25, 0.3) is 0 Å². The Hall–Kier alpha value is -0.540. The van der Waals surface area contributed by atoms with E-state index in [0.717, 1.165) is 46.8 Å². The van der Waals surface area contributed by atoms with Crippen LogP contribution in [-0.4, -0.2) is 5.11 Å². The van der Waals surface area contributed by atoms with E-state index in [4.69, 9.17) is 5.73 Å². The fourth-order valence-electron chi connectivity index (χ4n) is 2.90. The second-order valence-corrected chi connectivity index (χ2v) is 6.10. The lowest BCUT2D eigenvalue weighted by atomic mass is 9.75. The summed E-state index contributed by atoms with van der Waals surface area (Å²) in [4.78, 5) is 0. The molecular formula is C14H20BrNO. The van der Waals surface area contributed by atoms with Gasteiger partial charge in [0.2, 0.25) is 0 Å². The maximum Gasteiger partial charge on any atom is 0.123 e. The summed E-state index contributed by atoms with van der Waals surface area (Å²) in [5, 5.41) is 10.3. The largest absolute Gasteiger partial charge is 0.507 e. The summed E-state index contributed by atoms with van der Waals surface area (Å²) >= 11 is 3.56. The van der Waals surface area contributed by atoms with Crippen molar-refractivity contribution in [3.05, 3.63) is 27.2 Å². The van der Waals surface area contributed by atoms with Crippen LogP contribution in [0.25, 0.3) is 0 Å². The summed E-state index contributed by atoms with van der Waals surface area (Å²) in [6.45, 7) is 3.96.